The SMILES string of the molecule is Cc1ccc(NCCOC2CCC(N)CC2)nn1. The van der Waals surface area contributed by atoms with Crippen LogP contribution in [-0.4, -0.2) is 35.5 Å². The predicted molar refractivity (Wildman–Crippen MR) is 71.4 cm³/mol. The number of aryl methyl sites for hydroxylation is 1. The van der Waals surface area contributed by atoms with Crippen LogP contribution < -0.4 is 11.1 Å². The predicted octanol–water partition coefficient (Wildman–Crippen LogP) is 1.48. The highest BCUT2D eigenvalue weighted by Crippen LogP contribution is 2.19. The number of rotatable bonds is 5. The number of hydrogen-bond donors (Lipinski definition) is 2. The molecule has 1 aliphatic carbocycles. The molecule has 5 heteroatoms. The van der Waals surface area contributed by atoms with Crippen molar-refractivity contribution in [2.45, 2.75) is 44.8 Å². The first-order chi connectivity index (χ1) is 8.74. The summed E-state index contributed by atoms with van der Waals surface area (Å²) in [6.45, 7) is 3.39. The van der Waals surface area contributed by atoms with Gasteiger partial charge in [0.2, 0.25) is 0 Å². The van der Waals surface area contributed by atoms with Gasteiger partial charge in [-0.25, -0.2) is 0 Å². The summed E-state index contributed by atoms with van der Waals surface area (Å²) in [4.78, 5) is 0. The molecule has 1 saturated carbocycles. The highest BCUT2D eigenvalue weighted by molar-refractivity contribution is 5.32. The van der Waals surface area contributed by atoms with Crippen molar-refractivity contribution in [1.29, 1.82) is 0 Å². The van der Waals surface area contributed by atoms with Crippen LogP contribution in [0.25, 0.3) is 0 Å². The Morgan fingerprint density at radius 1 is 1.28 bits per heavy atom. The van der Waals surface area contributed by atoms with Crippen molar-refractivity contribution in [3.05, 3.63) is 17.8 Å². The van der Waals surface area contributed by atoms with Gasteiger partial charge in [0, 0.05) is 12.6 Å². The molecule has 3 N–H and O–H groups in total. The average molecular weight is 250 g/mol. The van der Waals surface area contributed by atoms with E-state index in [0.717, 1.165) is 43.7 Å². The van der Waals surface area contributed by atoms with Crippen molar-refractivity contribution in [1.82, 2.24) is 10.2 Å². The Balaban J connectivity index is 1.60. The van der Waals surface area contributed by atoms with E-state index in [-0.39, 0.29) is 0 Å². The number of nitrogens with one attached hydrogen (secondary N) is 1. The number of anilines is 1. The quantitative estimate of drug-likeness (QED) is 0.774. The maximum Gasteiger partial charge on any atom is 0.148 e. The Hall–Kier alpha value is -1.20. The first-order valence-electron chi connectivity index (χ1n) is 6.65. The van der Waals surface area contributed by atoms with Crippen LogP contribution in [0.4, 0.5) is 5.82 Å². The lowest BCUT2D eigenvalue weighted by molar-refractivity contribution is 0.0313. The van der Waals surface area contributed by atoms with Crippen molar-refractivity contribution in [3.63, 3.8) is 0 Å². The summed E-state index contributed by atoms with van der Waals surface area (Å²) in [6.07, 6.45) is 4.73. The summed E-state index contributed by atoms with van der Waals surface area (Å²) in [7, 11) is 0. The number of aromatic nitrogens is 2. The largest absolute Gasteiger partial charge is 0.376 e. The van der Waals surface area contributed by atoms with Crippen LogP contribution in [0.15, 0.2) is 12.1 Å². The minimum Gasteiger partial charge on any atom is -0.376 e. The van der Waals surface area contributed by atoms with Crippen molar-refractivity contribution in [2.24, 2.45) is 5.73 Å². The summed E-state index contributed by atoms with van der Waals surface area (Å²) in [5, 5.41) is 11.2. The fourth-order valence-electron chi connectivity index (χ4n) is 2.15. The second kappa shape index (κ2) is 6.66. The molecule has 0 bridgehead atoms. The molecule has 1 fully saturated rings. The van der Waals surface area contributed by atoms with E-state index in [4.69, 9.17) is 10.5 Å². The lowest BCUT2D eigenvalue weighted by Crippen LogP contribution is -2.31. The molecule has 1 aliphatic rings. The van der Waals surface area contributed by atoms with Crippen LogP contribution in [0.3, 0.4) is 0 Å². The van der Waals surface area contributed by atoms with Gasteiger partial charge in [-0.15, -0.1) is 5.10 Å². The van der Waals surface area contributed by atoms with E-state index in [9.17, 15) is 0 Å². The van der Waals surface area contributed by atoms with Gasteiger partial charge >= 0.3 is 0 Å². The number of nitrogens with zero attached hydrogens (tertiary/aromatic N) is 2. The zero-order chi connectivity index (χ0) is 12.8. The molecule has 0 aliphatic heterocycles. The molecule has 5 nitrogen and oxygen atoms in total. The highest BCUT2D eigenvalue weighted by Gasteiger charge is 2.18. The second-order valence-corrected chi connectivity index (χ2v) is 4.89. The lowest BCUT2D eigenvalue weighted by Gasteiger charge is -2.26. The topological polar surface area (TPSA) is 73.1 Å². The van der Waals surface area contributed by atoms with Gasteiger partial charge in [0.05, 0.1) is 18.4 Å². The fourth-order valence-corrected chi connectivity index (χ4v) is 2.15. The molecule has 0 radical (unpaired) electrons. The van der Waals surface area contributed by atoms with E-state index in [1.165, 1.54) is 0 Å². The van der Waals surface area contributed by atoms with Gasteiger partial charge in [0.15, 0.2) is 0 Å². The van der Waals surface area contributed by atoms with E-state index in [1.54, 1.807) is 0 Å². The summed E-state index contributed by atoms with van der Waals surface area (Å²) in [5.74, 6) is 0.801. The van der Waals surface area contributed by atoms with Crippen molar-refractivity contribution in [2.75, 3.05) is 18.5 Å². The third-order valence-corrected chi connectivity index (χ3v) is 3.28. The maximum atomic E-state index is 5.86. The molecule has 0 amide bonds. The number of hydrogen-bond acceptors (Lipinski definition) is 5. The van der Waals surface area contributed by atoms with Crippen LogP contribution in [0, 0.1) is 6.92 Å². The van der Waals surface area contributed by atoms with Gasteiger partial charge in [-0.3, -0.25) is 0 Å². The number of nitrogens with two attached hydrogens (primary N) is 1. The third kappa shape index (κ3) is 4.23. The molecule has 0 saturated heterocycles. The summed E-state index contributed by atoms with van der Waals surface area (Å²) in [5.41, 5.74) is 6.78. The van der Waals surface area contributed by atoms with Gasteiger partial charge < -0.3 is 15.8 Å². The molecule has 1 aromatic rings. The van der Waals surface area contributed by atoms with Crippen LogP contribution >= 0.6 is 0 Å². The highest BCUT2D eigenvalue weighted by atomic mass is 16.5. The van der Waals surface area contributed by atoms with Crippen LogP contribution in [-0.2, 0) is 4.74 Å². The van der Waals surface area contributed by atoms with Crippen LogP contribution in [0.1, 0.15) is 31.4 Å². The molecular formula is C13H22N4O. The molecule has 0 spiro atoms. The molecule has 1 heterocycles. The molecular weight excluding hydrogens is 228 g/mol. The summed E-state index contributed by atoms with van der Waals surface area (Å²) < 4.78 is 5.81. The minimum absolute atomic E-state index is 0.380. The molecule has 2 rings (SSSR count). The van der Waals surface area contributed by atoms with E-state index in [1.807, 2.05) is 19.1 Å². The monoisotopic (exact) mass is 250 g/mol. The van der Waals surface area contributed by atoms with Crippen molar-refractivity contribution >= 4 is 5.82 Å². The smallest absolute Gasteiger partial charge is 0.148 e. The Morgan fingerprint density at radius 2 is 2.06 bits per heavy atom. The van der Waals surface area contributed by atoms with Gasteiger partial charge in [-0.1, -0.05) is 0 Å². The van der Waals surface area contributed by atoms with Gasteiger partial charge in [-0.05, 0) is 44.7 Å². The van der Waals surface area contributed by atoms with E-state index in [2.05, 4.69) is 15.5 Å². The van der Waals surface area contributed by atoms with E-state index < -0.39 is 0 Å². The molecule has 0 unspecified atom stereocenters. The maximum absolute atomic E-state index is 5.86. The zero-order valence-corrected chi connectivity index (χ0v) is 10.9. The molecule has 0 atom stereocenters. The first-order valence-corrected chi connectivity index (χ1v) is 6.65. The summed E-state index contributed by atoms with van der Waals surface area (Å²) >= 11 is 0. The van der Waals surface area contributed by atoms with Crippen LogP contribution in [0.2, 0.25) is 0 Å². The Kier molecular flexibility index (Phi) is 4.90. The summed E-state index contributed by atoms with van der Waals surface area (Å²) in [6, 6.07) is 4.26. The van der Waals surface area contributed by atoms with Gasteiger partial charge in [-0.2, -0.15) is 5.10 Å². The van der Waals surface area contributed by atoms with Crippen molar-refractivity contribution in [3.8, 4) is 0 Å². The Bertz CT molecular complexity index is 347. The zero-order valence-electron chi connectivity index (χ0n) is 10.9. The average Bonchev–Trinajstić information content (AvgIpc) is 2.39. The van der Waals surface area contributed by atoms with E-state index >= 15 is 0 Å². The van der Waals surface area contributed by atoms with Crippen LogP contribution in [0.5, 0.6) is 0 Å². The molecule has 18 heavy (non-hydrogen) atoms. The number of ether oxygens (including phenoxy) is 1. The Morgan fingerprint density at radius 3 is 2.72 bits per heavy atom. The molecule has 100 valence electrons. The lowest BCUT2D eigenvalue weighted by atomic mass is 9.94. The second-order valence-electron chi connectivity index (χ2n) is 4.89. The van der Waals surface area contributed by atoms with Gasteiger partial charge in [0.1, 0.15) is 5.82 Å². The third-order valence-electron chi connectivity index (χ3n) is 3.28. The standard InChI is InChI=1S/C13H22N4O/c1-10-2-7-13(17-16-10)15-8-9-18-12-5-3-11(14)4-6-12/h2,7,11-12H,3-6,8-9,14H2,1H3,(H,15,17). The molecule has 1 aromatic heterocycles. The minimum atomic E-state index is 0.380. The fraction of sp³-hybridized carbons (Fsp3) is 0.692. The van der Waals surface area contributed by atoms with Crippen molar-refractivity contribution < 1.29 is 4.74 Å². The first kappa shape index (κ1) is 13.2. The Labute approximate surface area is 108 Å². The normalized spacial score (nSPS) is 23.9. The van der Waals surface area contributed by atoms with E-state index in [0.29, 0.717) is 18.8 Å². The molecule has 0 aromatic carbocycles. The van der Waals surface area contributed by atoms with Gasteiger partial charge in [0.25, 0.3) is 0 Å².